The van der Waals surface area contributed by atoms with Gasteiger partial charge in [0.25, 0.3) is 11.4 Å². The molecule has 0 aromatic heterocycles. The molecule has 2 atom stereocenters. The molecule has 2 unspecified atom stereocenters. The number of amides is 3. The first kappa shape index (κ1) is 30.0. The highest BCUT2D eigenvalue weighted by Gasteiger charge is 2.44. The number of hydrogen-bond acceptors (Lipinski definition) is 10. The number of nitrogens with two attached hydrogens (primary N) is 1. The zero-order chi connectivity index (χ0) is 30.4. The number of nitro benzene ring substituents is 2. The monoisotopic (exact) mass is 601 g/mol. The number of guanidine groups is 1. The number of aliphatic imine (C=N–C) groups is 1. The molecular weight excluding hydrogens is 574 g/mol. The van der Waals surface area contributed by atoms with E-state index in [2.05, 4.69) is 22.9 Å². The average Bonchev–Trinajstić information content (AvgIpc) is 3.34. The summed E-state index contributed by atoms with van der Waals surface area (Å²) in [7, 11) is 0. The second-order valence-electron chi connectivity index (χ2n) is 9.60. The van der Waals surface area contributed by atoms with Gasteiger partial charge in [0.05, 0.1) is 15.9 Å². The van der Waals surface area contributed by atoms with Crippen LogP contribution in [-0.2, 0) is 27.5 Å². The second kappa shape index (κ2) is 13.2. The first-order chi connectivity index (χ1) is 20.0. The smallest absolute Gasteiger partial charge is 0.437 e. The standard InChI is InChI=1S/C25H27N7O9S/c26-23(28-24(34)40-13-15-1-5-18(6-2-15)31(36)37)27-17-10-29(11-17)22(33)21-9-20(42)12-30(21)25(35)41-14-16-3-7-19(8-4-16)32(38)39/h1-8,17,20-21,42H,9-14H2,(H3,26,27,28,34). The summed E-state index contributed by atoms with van der Waals surface area (Å²) in [6.07, 6.45) is -1.31. The summed E-state index contributed by atoms with van der Waals surface area (Å²) < 4.78 is 10.3. The lowest BCUT2D eigenvalue weighted by atomic mass is 10.1. The minimum atomic E-state index is -0.959. The Kier molecular flexibility index (Phi) is 9.41. The molecule has 2 aromatic rings. The molecule has 0 radical (unpaired) electrons. The van der Waals surface area contributed by atoms with Crippen LogP contribution >= 0.6 is 12.6 Å². The number of carbonyl (C=O) groups is 3. The minimum absolute atomic E-state index is 0.0804. The maximum atomic E-state index is 13.1. The predicted octanol–water partition coefficient (Wildman–Crippen LogP) is 1.96. The third kappa shape index (κ3) is 7.62. The van der Waals surface area contributed by atoms with Gasteiger partial charge in [0.15, 0.2) is 5.96 Å². The number of nitrogens with zero attached hydrogens (tertiary/aromatic N) is 5. The van der Waals surface area contributed by atoms with E-state index in [1.54, 1.807) is 0 Å². The molecule has 2 fully saturated rings. The molecule has 3 amide bonds. The fourth-order valence-electron chi connectivity index (χ4n) is 4.38. The van der Waals surface area contributed by atoms with Gasteiger partial charge in [0.1, 0.15) is 19.3 Å². The third-order valence-corrected chi connectivity index (χ3v) is 6.95. The Bertz CT molecular complexity index is 1380. The van der Waals surface area contributed by atoms with Gasteiger partial charge in [-0.2, -0.15) is 12.6 Å². The molecule has 16 nitrogen and oxygen atoms in total. The number of likely N-dealkylation sites (tertiary alicyclic amines) is 2. The van der Waals surface area contributed by atoms with Crippen LogP contribution < -0.4 is 11.1 Å². The van der Waals surface area contributed by atoms with Crippen LogP contribution in [0.15, 0.2) is 53.5 Å². The Morgan fingerprint density at radius 2 is 1.45 bits per heavy atom. The van der Waals surface area contributed by atoms with Crippen molar-refractivity contribution in [1.82, 2.24) is 15.1 Å². The van der Waals surface area contributed by atoms with E-state index in [9.17, 15) is 34.6 Å². The molecule has 2 aromatic carbocycles. The second-order valence-corrected chi connectivity index (χ2v) is 10.3. The van der Waals surface area contributed by atoms with Crippen LogP contribution in [0, 0.1) is 20.2 Å². The molecule has 17 heteroatoms. The number of rotatable bonds is 8. The zero-order valence-electron chi connectivity index (χ0n) is 22.0. The Morgan fingerprint density at radius 3 is 1.98 bits per heavy atom. The highest BCUT2D eigenvalue weighted by Crippen LogP contribution is 2.26. The van der Waals surface area contributed by atoms with Gasteiger partial charge in [-0.25, -0.2) is 9.59 Å². The number of benzene rings is 2. The predicted molar refractivity (Wildman–Crippen MR) is 150 cm³/mol. The molecule has 0 bridgehead atoms. The van der Waals surface area contributed by atoms with Gasteiger partial charge in [0.2, 0.25) is 5.91 Å². The van der Waals surface area contributed by atoms with Gasteiger partial charge >= 0.3 is 12.2 Å². The molecule has 0 spiro atoms. The quantitative estimate of drug-likeness (QED) is 0.131. The van der Waals surface area contributed by atoms with Crippen molar-refractivity contribution in [2.24, 2.45) is 10.7 Å². The van der Waals surface area contributed by atoms with Crippen LogP contribution in [0.5, 0.6) is 0 Å². The van der Waals surface area contributed by atoms with E-state index < -0.39 is 28.1 Å². The van der Waals surface area contributed by atoms with Crippen molar-refractivity contribution < 1.29 is 33.7 Å². The topological polar surface area (TPSA) is 213 Å². The molecule has 2 aliphatic heterocycles. The van der Waals surface area contributed by atoms with Crippen LogP contribution in [0.3, 0.4) is 0 Å². The van der Waals surface area contributed by atoms with Gasteiger partial charge in [-0.1, -0.05) is 0 Å². The van der Waals surface area contributed by atoms with Crippen molar-refractivity contribution in [1.29, 1.82) is 0 Å². The van der Waals surface area contributed by atoms with Crippen LogP contribution in [0.4, 0.5) is 21.0 Å². The highest BCUT2D eigenvalue weighted by molar-refractivity contribution is 7.81. The first-order valence-electron chi connectivity index (χ1n) is 12.6. The van der Waals surface area contributed by atoms with Gasteiger partial charge in [0, 0.05) is 49.1 Å². The number of nitrogens with one attached hydrogen (secondary N) is 1. The van der Waals surface area contributed by atoms with Crippen molar-refractivity contribution >= 4 is 48.1 Å². The number of thiol groups is 1. The van der Waals surface area contributed by atoms with E-state index in [1.807, 2.05) is 0 Å². The fraction of sp³-hybridized carbons (Fsp3) is 0.360. The number of nitro groups is 2. The summed E-state index contributed by atoms with van der Waals surface area (Å²) in [6.45, 7) is 0.462. The summed E-state index contributed by atoms with van der Waals surface area (Å²) >= 11 is 4.43. The summed E-state index contributed by atoms with van der Waals surface area (Å²) in [6, 6.07) is 10.0. The molecule has 3 N–H and O–H groups in total. The Morgan fingerprint density at radius 1 is 0.929 bits per heavy atom. The van der Waals surface area contributed by atoms with E-state index in [0.29, 0.717) is 17.5 Å². The van der Waals surface area contributed by atoms with Crippen LogP contribution in [0.1, 0.15) is 17.5 Å². The van der Waals surface area contributed by atoms with Crippen molar-refractivity contribution in [3.8, 4) is 0 Å². The van der Waals surface area contributed by atoms with E-state index in [4.69, 9.17) is 15.2 Å². The molecule has 42 heavy (non-hydrogen) atoms. The lowest BCUT2D eigenvalue weighted by molar-refractivity contribution is -0.385. The maximum absolute atomic E-state index is 13.1. The highest BCUT2D eigenvalue weighted by atomic mass is 32.1. The van der Waals surface area contributed by atoms with Gasteiger partial charge < -0.3 is 25.4 Å². The summed E-state index contributed by atoms with van der Waals surface area (Å²) in [4.78, 5) is 64.8. The molecule has 2 aliphatic rings. The van der Waals surface area contributed by atoms with E-state index >= 15 is 0 Å². The van der Waals surface area contributed by atoms with Crippen molar-refractivity contribution in [2.45, 2.75) is 37.0 Å². The lowest BCUT2D eigenvalue weighted by Crippen LogP contribution is -2.64. The van der Waals surface area contributed by atoms with Crippen LogP contribution in [0.2, 0.25) is 0 Å². The Hall–Kier alpha value is -4.93. The van der Waals surface area contributed by atoms with E-state index in [1.165, 1.54) is 58.3 Å². The van der Waals surface area contributed by atoms with Gasteiger partial charge in [-0.3, -0.25) is 29.9 Å². The number of ether oxygens (including phenoxy) is 2. The number of non-ortho nitro benzene ring substituents is 2. The molecule has 2 saturated heterocycles. The number of hydrogen-bond donors (Lipinski definition) is 3. The zero-order valence-corrected chi connectivity index (χ0v) is 22.9. The van der Waals surface area contributed by atoms with Crippen molar-refractivity contribution in [2.75, 3.05) is 19.6 Å². The normalized spacial score (nSPS) is 18.6. The molecular formula is C25H27N7O9S. The van der Waals surface area contributed by atoms with Crippen LogP contribution in [0.25, 0.3) is 0 Å². The summed E-state index contributed by atoms with van der Waals surface area (Å²) in [5, 5.41) is 24.1. The largest absolute Gasteiger partial charge is 0.445 e. The van der Waals surface area contributed by atoms with Gasteiger partial charge in [-0.05, 0) is 41.8 Å². The maximum Gasteiger partial charge on any atom is 0.437 e. The molecule has 0 aliphatic carbocycles. The van der Waals surface area contributed by atoms with Gasteiger partial charge in [-0.15, -0.1) is 4.99 Å². The third-order valence-electron chi connectivity index (χ3n) is 6.57. The molecule has 222 valence electrons. The Labute approximate surface area is 244 Å². The van der Waals surface area contributed by atoms with Crippen molar-refractivity contribution in [3.63, 3.8) is 0 Å². The molecule has 0 saturated carbocycles. The first-order valence-corrected chi connectivity index (χ1v) is 13.2. The lowest BCUT2D eigenvalue weighted by Gasteiger charge is -2.41. The average molecular weight is 602 g/mol. The van der Waals surface area contributed by atoms with E-state index in [-0.39, 0.29) is 67.4 Å². The minimum Gasteiger partial charge on any atom is -0.445 e. The SMILES string of the molecule is NC(=NC(=O)OCc1ccc([N+](=O)[O-])cc1)NC1CN(C(=O)C2CC(S)CN2C(=O)OCc2ccc([N+](=O)[O-])cc2)C1. The number of carbonyl (C=O) groups excluding carboxylic acids is 3. The Balaban J connectivity index is 1.21. The van der Waals surface area contributed by atoms with Crippen LogP contribution in [-0.4, -0.2) is 80.7 Å². The molecule has 2 heterocycles. The fourth-order valence-corrected chi connectivity index (χ4v) is 4.76. The van der Waals surface area contributed by atoms with Crippen molar-refractivity contribution in [3.05, 3.63) is 79.9 Å². The summed E-state index contributed by atoms with van der Waals surface area (Å²) in [5.41, 5.74) is 6.70. The van der Waals surface area contributed by atoms with E-state index in [0.717, 1.165) is 0 Å². The molecule has 4 rings (SSSR count). The summed E-state index contributed by atoms with van der Waals surface area (Å²) in [5.74, 6) is -0.483.